The van der Waals surface area contributed by atoms with Crippen LogP contribution in [-0.2, 0) is 4.79 Å². The van der Waals surface area contributed by atoms with Crippen LogP contribution in [0.5, 0.6) is 0 Å². The van der Waals surface area contributed by atoms with Crippen molar-refractivity contribution in [2.45, 2.75) is 12.5 Å². The molecule has 0 aromatic carbocycles. The maximum Gasteiger partial charge on any atom is 0.225 e. The smallest absolute Gasteiger partial charge is 0.225 e. The second-order valence-corrected chi connectivity index (χ2v) is 2.49. The highest BCUT2D eigenvalue weighted by molar-refractivity contribution is 5.79. The predicted octanol–water partition coefficient (Wildman–Crippen LogP) is -1.28. The van der Waals surface area contributed by atoms with Crippen molar-refractivity contribution in [2.75, 3.05) is 20.3 Å². The van der Waals surface area contributed by atoms with E-state index in [0.717, 1.165) is 6.54 Å². The summed E-state index contributed by atoms with van der Waals surface area (Å²) in [6.45, 7) is 1.10. The first-order chi connectivity index (χ1) is 4.77. The van der Waals surface area contributed by atoms with E-state index in [2.05, 4.69) is 5.32 Å². The topological polar surface area (TPSA) is 58.4 Å². The third-order valence-electron chi connectivity index (χ3n) is 1.84. The van der Waals surface area contributed by atoms with Gasteiger partial charge in [0, 0.05) is 19.0 Å². The average molecular weight is 143 g/mol. The predicted molar refractivity (Wildman–Crippen MR) is 38.2 cm³/mol. The van der Waals surface area contributed by atoms with Crippen LogP contribution >= 0.6 is 0 Å². The number of carbonyl (C=O) groups excluding carboxylic acids is 1. The minimum Gasteiger partial charge on any atom is -0.329 e. The molecular formula is C6H13N3O. The summed E-state index contributed by atoms with van der Waals surface area (Å²) in [5.41, 5.74) is 5.32. The zero-order chi connectivity index (χ0) is 7.56. The first-order valence-electron chi connectivity index (χ1n) is 3.43. The number of carbonyl (C=O) groups is 1. The summed E-state index contributed by atoms with van der Waals surface area (Å²) in [5, 5.41) is 3.04. The number of nitrogens with one attached hydrogen (secondary N) is 1. The van der Waals surface area contributed by atoms with E-state index in [1.807, 2.05) is 7.05 Å². The highest BCUT2D eigenvalue weighted by atomic mass is 16.2. The lowest BCUT2D eigenvalue weighted by atomic mass is 10.3. The van der Waals surface area contributed by atoms with E-state index < -0.39 is 0 Å². The number of nitrogens with two attached hydrogens (primary N) is 1. The Morgan fingerprint density at radius 1 is 1.90 bits per heavy atom. The van der Waals surface area contributed by atoms with Crippen LogP contribution in [0.2, 0.25) is 0 Å². The van der Waals surface area contributed by atoms with Gasteiger partial charge in [-0.15, -0.1) is 0 Å². The molecule has 0 saturated carbocycles. The lowest BCUT2D eigenvalue weighted by Crippen LogP contribution is -2.34. The average Bonchev–Trinajstić information content (AvgIpc) is 2.30. The zero-order valence-electron chi connectivity index (χ0n) is 6.13. The molecule has 0 spiro atoms. The van der Waals surface area contributed by atoms with Gasteiger partial charge in [0.25, 0.3) is 0 Å². The number of amides is 1. The van der Waals surface area contributed by atoms with Gasteiger partial charge < -0.3 is 16.0 Å². The fourth-order valence-electron chi connectivity index (χ4n) is 1.14. The highest BCUT2D eigenvalue weighted by Crippen LogP contribution is 2.07. The van der Waals surface area contributed by atoms with E-state index >= 15 is 0 Å². The Morgan fingerprint density at radius 2 is 2.60 bits per heavy atom. The highest BCUT2D eigenvalue weighted by Gasteiger charge is 2.26. The van der Waals surface area contributed by atoms with E-state index in [9.17, 15) is 4.79 Å². The lowest BCUT2D eigenvalue weighted by molar-refractivity contribution is -0.127. The summed E-state index contributed by atoms with van der Waals surface area (Å²) in [5.74, 6) is 0.154. The number of likely N-dealkylation sites (N-methyl/N-ethyl adjacent to an activating group) is 1. The van der Waals surface area contributed by atoms with Crippen LogP contribution < -0.4 is 11.1 Å². The molecule has 0 unspecified atom stereocenters. The Kier molecular flexibility index (Phi) is 2.24. The molecule has 4 nitrogen and oxygen atoms in total. The molecule has 10 heavy (non-hydrogen) atoms. The SMILES string of the molecule is CN[C@@H]1CC(=O)N(CN)C1. The van der Waals surface area contributed by atoms with Crippen molar-refractivity contribution in [1.29, 1.82) is 0 Å². The molecule has 1 aliphatic rings. The lowest BCUT2D eigenvalue weighted by Gasteiger charge is -2.12. The van der Waals surface area contributed by atoms with Gasteiger partial charge in [-0.1, -0.05) is 0 Å². The Hall–Kier alpha value is -0.610. The summed E-state index contributed by atoms with van der Waals surface area (Å²) >= 11 is 0. The van der Waals surface area contributed by atoms with Crippen LogP contribution in [0.25, 0.3) is 0 Å². The van der Waals surface area contributed by atoms with Crippen molar-refractivity contribution < 1.29 is 4.79 Å². The maximum absolute atomic E-state index is 11.0. The first kappa shape index (κ1) is 7.50. The molecule has 1 heterocycles. The first-order valence-corrected chi connectivity index (χ1v) is 3.43. The monoisotopic (exact) mass is 143 g/mol. The third-order valence-corrected chi connectivity index (χ3v) is 1.84. The van der Waals surface area contributed by atoms with Crippen molar-refractivity contribution in [1.82, 2.24) is 10.2 Å². The summed E-state index contributed by atoms with van der Waals surface area (Å²) < 4.78 is 0. The quantitative estimate of drug-likeness (QED) is 0.506. The Balaban J connectivity index is 2.44. The van der Waals surface area contributed by atoms with Crippen molar-refractivity contribution in [3.63, 3.8) is 0 Å². The molecule has 1 rings (SSSR count). The fourth-order valence-corrected chi connectivity index (χ4v) is 1.14. The van der Waals surface area contributed by atoms with Gasteiger partial charge in [-0.2, -0.15) is 0 Å². The van der Waals surface area contributed by atoms with E-state index in [4.69, 9.17) is 5.73 Å². The summed E-state index contributed by atoms with van der Waals surface area (Å²) in [6, 6.07) is 0.302. The van der Waals surface area contributed by atoms with E-state index in [1.54, 1.807) is 4.90 Å². The van der Waals surface area contributed by atoms with Crippen LogP contribution in [0.1, 0.15) is 6.42 Å². The van der Waals surface area contributed by atoms with Crippen molar-refractivity contribution in [2.24, 2.45) is 5.73 Å². The fraction of sp³-hybridized carbons (Fsp3) is 0.833. The zero-order valence-corrected chi connectivity index (χ0v) is 6.13. The van der Waals surface area contributed by atoms with E-state index in [1.165, 1.54) is 0 Å². The molecular weight excluding hydrogens is 130 g/mol. The Labute approximate surface area is 60.4 Å². The van der Waals surface area contributed by atoms with Crippen LogP contribution in [0.15, 0.2) is 0 Å². The second kappa shape index (κ2) is 2.98. The minimum atomic E-state index is 0.154. The molecule has 1 aliphatic heterocycles. The van der Waals surface area contributed by atoms with Gasteiger partial charge in [-0.3, -0.25) is 4.79 Å². The maximum atomic E-state index is 11.0. The molecule has 0 aromatic heterocycles. The van der Waals surface area contributed by atoms with Gasteiger partial charge in [0.05, 0.1) is 6.67 Å². The van der Waals surface area contributed by atoms with Crippen LogP contribution in [0, 0.1) is 0 Å². The molecule has 1 amide bonds. The third kappa shape index (κ3) is 1.27. The molecule has 3 N–H and O–H groups in total. The molecule has 4 heteroatoms. The molecule has 1 saturated heterocycles. The van der Waals surface area contributed by atoms with Gasteiger partial charge in [0.2, 0.25) is 5.91 Å². The summed E-state index contributed by atoms with van der Waals surface area (Å²) in [4.78, 5) is 12.6. The van der Waals surface area contributed by atoms with Crippen LogP contribution in [-0.4, -0.2) is 37.1 Å². The summed E-state index contributed by atoms with van der Waals surface area (Å²) in [7, 11) is 1.86. The Bertz CT molecular complexity index is 137. The van der Waals surface area contributed by atoms with E-state index in [0.29, 0.717) is 19.1 Å². The van der Waals surface area contributed by atoms with E-state index in [-0.39, 0.29) is 5.91 Å². The largest absolute Gasteiger partial charge is 0.329 e. The molecule has 1 atom stereocenters. The minimum absolute atomic E-state index is 0.154. The molecule has 1 fully saturated rings. The summed E-state index contributed by atoms with van der Waals surface area (Å²) in [6.07, 6.45) is 0.591. The normalized spacial score (nSPS) is 26.0. The standard InChI is InChI=1S/C6H13N3O/c1-8-5-2-6(10)9(3-5)4-7/h5,8H,2-4,7H2,1H3/t5-/m1/s1. The van der Waals surface area contributed by atoms with Crippen LogP contribution in [0.3, 0.4) is 0 Å². The number of rotatable bonds is 2. The van der Waals surface area contributed by atoms with Crippen molar-refractivity contribution in [3.05, 3.63) is 0 Å². The molecule has 0 aliphatic carbocycles. The molecule has 58 valence electrons. The van der Waals surface area contributed by atoms with Crippen LogP contribution in [0.4, 0.5) is 0 Å². The van der Waals surface area contributed by atoms with Gasteiger partial charge >= 0.3 is 0 Å². The second-order valence-electron chi connectivity index (χ2n) is 2.49. The van der Waals surface area contributed by atoms with Gasteiger partial charge in [0.1, 0.15) is 0 Å². The van der Waals surface area contributed by atoms with Gasteiger partial charge in [-0.25, -0.2) is 0 Å². The number of likely N-dealkylation sites (tertiary alicyclic amines) is 1. The molecule has 0 aromatic rings. The van der Waals surface area contributed by atoms with Gasteiger partial charge in [0.15, 0.2) is 0 Å². The molecule has 0 bridgehead atoms. The Morgan fingerprint density at radius 3 is 2.90 bits per heavy atom. The molecule has 0 radical (unpaired) electrons. The van der Waals surface area contributed by atoms with Crippen molar-refractivity contribution in [3.8, 4) is 0 Å². The number of hydrogen-bond donors (Lipinski definition) is 2. The van der Waals surface area contributed by atoms with Gasteiger partial charge in [-0.05, 0) is 7.05 Å². The number of nitrogens with zero attached hydrogens (tertiary/aromatic N) is 1. The van der Waals surface area contributed by atoms with Crippen molar-refractivity contribution >= 4 is 5.91 Å². The number of hydrogen-bond acceptors (Lipinski definition) is 3.